The minimum atomic E-state index is -0.597. The van der Waals surface area contributed by atoms with E-state index in [9.17, 15) is 14.4 Å². The molecule has 7 nitrogen and oxygen atoms in total. The van der Waals surface area contributed by atoms with Crippen molar-refractivity contribution in [3.63, 3.8) is 0 Å². The van der Waals surface area contributed by atoms with E-state index in [4.69, 9.17) is 4.42 Å². The quantitative estimate of drug-likeness (QED) is 0.742. The first-order chi connectivity index (χ1) is 10.5. The number of amides is 1. The minimum absolute atomic E-state index is 0.172. The van der Waals surface area contributed by atoms with Gasteiger partial charge in [-0.3, -0.25) is 14.2 Å². The second kappa shape index (κ2) is 5.57. The monoisotopic (exact) mass is 317 g/mol. The summed E-state index contributed by atoms with van der Waals surface area (Å²) in [7, 11) is 0. The van der Waals surface area contributed by atoms with Crippen molar-refractivity contribution < 1.29 is 14.0 Å². The van der Waals surface area contributed by atoms with Gasteiger partial charge in [0.2, 0.25) is 5.91 Å². The molecule has 0 unspecified atom stereocenters. The molecule has 0 aliphatic carbocycles. The average Bonchev–Trinajstić information content (AvgIpc) is 3.05. The SMILES string of the molecule is CC(=O)c1csc(NC(=O)Cn2c(=O)oc3ccccc32)n1. The number of thiazole rings is 1. The Labute approximate surface area is 128 Å². The molecule has 0 aliphatic rings. The standard InChI is InChI=1S/C14H11N3O4S/c1-8(18)9-7-22-13(15-9)16-12(19)6-17-10-4-2-3-5-11(10)21-14(17)20/h2-5,7H,6H2,1H3,(H,15,16,19). The van der Waals surface area contributed by atoms with Crippen molar-refractivity contribution in [2.24, 2.45) is 0 Å². The molecule has 0 radical (unpaired) electrons. The zero-order valence-electron chi connectivity index (χ0n) is 11.5. The van der Waals surface area contributed by atoms with Crippen molar-refractivity contribution in [3.05, 3.63) is 45.9 Å². The van der Waals surface area contributed by atoms with Crippen LogP contribution in [0.5, 0.6) is 0 Å². The summed E-state index contributed by atoms with van der Waals surface area (Å²) in [5.41, 5.74) is 1.27. The highest BCUT2D eigenvalue weighted by Crippen LogP contribution is 2.16. The number of nitrogens with zero attached hydrogens (tertiary/aromatic N) is 2. The van der Waals surface area contributed by atoms with E-state index in [-0.39, 0.29) is 12.3 Å². The summed E-state index contributed by atoms with van der Waals surface area (Å²) in [6.07, 6.45) is 0. The van der Waals surface area contributed by atoms with Gasteiger partial charge in [0.25, 0.3) is 0 Å². The van der Waals surface area contributed by atoms with Crippen molar-refractivity contribution in [2.75, 3.05) is 5.32 Å². The van der Waals surface area contributed by atoms with Gasteiger partial charge in [-0.15, -0.1) is 11.3 Å². The second-order valence-corrected chi connectivity index (χ2v) is 5.42. The normalized spacial score (nSPS) is 10.8. The molecule has 0 bridgehead atoms. The third-order valence-electron chi connectivity index (χ3n) is 2.99. The van der Waals surface area contributed by atoms with E-state index in [1.807, 2.05) is 0 Å². The Bertz CT molecular complexity index is 921. The molecule has 0 fully saturated rings. The van der Waals surface area contributed by atoms with Crippen LogP contribution in [0.1, 0.15) is 17.4 Å². The number of ketones is 1. The van der Waals surface area contributed by atoms with Crippen LogP contribution in [0.2, 0.25) is 0 Å². The molecule has 0 atom stereocenters. The zero-order valence-corrected chi connectivity index (χ0v) is 12.3. The molecule has 8 heteroatoms. The number of carbonyl (C=O) groups excluding carboxylic acids is 2. The number of fused-ring (bicyclic) bond motifs is 1. The highest BCUT2D eigenvalue weighted by Gasteiger charge is 2.14. The van der Waals surface area contributed by atoms with Crippen LogP contribution in [0.3, 0.4) is 0 Å². The van der Waals surface area contributed by atoms with E-state index in [2.05, 4.69) is 10.3 Å². The maximum atomic E-state index is 12.0. The molecule has 0 saturated heterocycles. The van der Waals surface area contributed by atoms with Gasteiger partial charge in [-0.05, 0) is 12.1 Å². The zero-order chi connectivity index (χ0) is 15.7. The lowest BCUT2D eigenvalue weighted by atomic mass is 10.3. The van der Waals surface area contributed by atoms with Crippen LogP contribution in [0.4, 0.5) is 5.13 Å². The lowest BCUT2D eigenvalue weighted by Crippen LogP contribution is -2.24. The Morgan fingerprint density at radius 2 is 2.14 bits per heavy atom. The van der Waals surface area contributed by atoms with Gasteiger partial charge in [-0.1, -0.05) is 12.1 Å². The number of aromatic nitrogens is 2. The Morgan fingerprint density at radius 1 is 1.36 bits per heavy atom. The molecule has 3 aromatic rings. The van der Waals surface area contributed by atoms with Gasteiger partial charge < -0.3 is 9.73 Å². The molecule has 2 heterocycles. The number of rotatable bonds is 4. The Hall–Kier alpha value is -2.74. The summed E-state index contributed by atoms with van der Waals surface area (Å²) in [5.74, 6) is -1.19. The van der Waals surface area contributed by atoms with Crippen LogP contribution >= 0.6 is 11.3 Å². The summed E-state index contributed by atoms with van der Waals surface area (Å²) in [5, 5.41) is 4.44. The van der Waals surface area contributed by atoms with Crippen LogP contribution in [0.15, 0.2) is 38.9 Å². The van der Waals surface area contributed by atoms with Crippen molar-refractivity contribution in [1.29, 1.82) is 0 Å². The molecule has 0 saturated carbocycles. The first-order valence-electron chi connectivity index (χ1n) is 6.39. The highest BCUT2D eigenvalue weighted by molar-refractivity contribution is 7.14. The summed E-state index contributed by atoms with van der Waals surface area (Å²) in [6, 6.07) is 6.86. The highest BCUT2D eigenvalue weighted by atomic mass is 32.1. The molecule has 1 aromatic carbocycles. The van der Waals surface area contributed by atoms with Crippen LogP contribution < -0.4 is 11.1 Å². The Morgan fingerprint density at radius 3 is 2.86 bits per heavy atom. The third kappa shape index (κ3) is 2.68. The number of carbonyl (C=O) groups is 2. The molecule has 1 amide bonds. The van der Waals surface area contributed by atoms with E-state index in [1.165, 1.54) is 11.5 Å². The summed E-state index contributed by atoms with van der Waals surface area (Å²) in [6.45, 7) is 1.21. The first kappa shape index (κ1) is 14.2. The van der Waals surface area contributed by atoms with Gasteiger partial charge in [-0.25, -0.2) is 9.78 Å². The lowest BCUT2D eigenvalue weighted by Gasteiger charge is -2.02. The number of hydrogen-bond donors (Lipinski definition) is 1. The van der Waals surface area contributed by atoms with Crippen molar-refractivity contribution >= 4 is 39.3 Å². The smallest absolute Gasteiger partial charge is 0.408 e. The van der Waals surface area contributed by atoms with Crippen LogP contribution in [0, 0.1) is 0 Å². The molecule has 0 spiro atoms. The number of nitrogens with one attached hydrogen (secondary N) is 1. The molecule has 112 valence electrons. The van der Waals surface area contributed by atoms with Crippen LogP contribution in [0.25, 0.3) is 11.1 Å². The van der Waals surface area contributed by atoms with Crippen LogP contribution in [-0.4, -0.2) is 21.2 Å². The molecular formula is C14H11N3O4S. The molecule has 3 rings (SSSR count). The second-order valence-electron chi connectivity index (χ2n) is 4.56. The average molecular weight is 317 g/mol. The largest absolute Gasteiger partial charge is 0.420 e. The van der Waals surface area contributed by atoms with Gasteiger partial charge in [-0.2, -0.15) is 0 Å². The van der Waals surface area contributed by atoms with Crippen molar-refractivity contribution in [3.8, 4) is 0 Å². The molecular weight excluding hydrogens is 306 g/mol. The fourth-order valence-electron chi connectivity index (χ4n) is 1.96. The lowest BCUT2D eigenvalue weighted by molar-refractivity contribution is -0.116. The number of anilines is 1. The Balaban J connectivity index is 1.79. The summed E-state index contributed by atoms with van der Waals surface area (Å²) >= 11 is 1.15. The fraction of sp³-hybridized carbons (Fsp3) is 0.143. The van der Waals surface area contributed by atoms with Crippen molar-refractivity contribution in [1.82, 2.24) is 9.55 Å². The number of benzene rings is 1. The molecule has 0 aliphatic heterocycles. The number of oxazole rings is 1. The van der Waals surface area contributed by atoms with Gasteiger partial charge in [0.05, 0.1) is 5.52 Å². The molecule has 2 aromatic heterocycles. The predicted octanol–water partition coefficient (Wildman–Crippen LogP) is 1.89. The number of para-hydroxylation sites is 2. The molecule has 22 heavy (non-hydrogen) atoms. The first-order valence-corrected chi connectivity index (χ1v) is 7.27. The number of Topliss-reactive ketones (excluding diaryl/α,β-unsaturated/α-hetero) is 1. The van der Waals surface area contributed by atoms with Gasteiger partial charge in [0, 0.05) is 12.3 Å². The third-order valence-corrected chi connectivity index (χ3v) is 3.74. The minimum Gasteiger partial charge on any atom is -0.408 e. The topological polar surface area (TPSA) is 94.2 Å². The number of hydrogen-bond acceptors (Lipinski definition) is 6. The van der Waals surface area contributed by atoms with E-state index < -0.39 is 11.7 Å². The van der Waals surface area contributed by atoms with E-state index in [0.29, 0.717) is 21.9 Å². The van der Waals surface area contributed by atoms with Crippen molar-refractivity contribution in [2.45, 2.75) is 13.5 Å². The predicted molar refractivity (Wildman–Crippen MR) is 81.2 cm³/mol. The van der Waals surface area contributed by atoms with Gasteiger partial charge in [0.15, 0.2) is 16.5 Å². The maximum Gasteiger partial charge on any atom is 0.420 e. The van der Waals surface area contributed by atoms with Crippen LogP contribution in [-0.2, 0) is 11.3 Å². The summed E-state index contributed by atoms with van der Waals surface area (Å²) in [4.78, 5) is 39.0. The van der Waals surface area contributed by atoms with E-state index in [1.54, 1.807) is 29.6 Å². The summed E-state index contributed by atoms with van der Waals surface area (Å²) < 4.78 is 6.30. The van der Waals surface area contributed by atoms with Gasteiger partial charge in [0.1, 0.15) is 12.2 Å². The maximum absolute atomic E-state index is 12.0. The Kier molecular flexibility index (Phi) is 3.60. The van der Waals surface area contributed by atoms with E-state index in [0.717, 1.165) is 11.3 Å². The van der Waals surface area contributed by atoms with Gasteiger partial charge >= 0.3 is 5.76 Å². The molecule has 1 N–H and O–H groups in total. The fourth-order valence-corrected chi connectivity index (χ4v) is 2.72. The van der Waals surface area contributed by atoms with E-state index >= 15 is 0 Å².